The summed E-state index contributed by atoms with van der Waals surface area (Å²) in [6.45, 7) is 11.0. The van der Waals surface area contributed by atoms with E-state index in [1.165, 1.54) is 0 Å². The van der Waals surface area contributed by atoms with Gasteiger partial charge in [0, 0.05) is 36.3 Å². The second-order valence-corrected chi connectivity index (χ2v) is 11.7. The van der Waals surface area contributed by atoms with Gasteiger partial charge in [-0.2, -0.15) is 0 Å². The van der Waals surface area contributed by atoms with Crippen molar-refractivity contribution in [1.82, 2.24) is 9.80 Å². The van der Waals surface area contributed by atoms with Crippen molar-refractivity contribution in [2.75, 3.05) is 32.8 Å². The Bertz CT molecular complexity index is 780. The standard InChI is InChI=1S/C24H35BrN2O5S/c1-4-7-11-26(10-6-3)22(30)20-24-15-16(25)19(33-24)17(23(31)32-14-8-5-2)18(24)21(29)27(20)12-9-13-28/h5-6,16-20,28H,2-4,7-15H2,1H3/t16?,17-,18+,19-,20?,24?/m1/s1. The van der Waals surface area contributed by atoms with Gasteiger partial charge in [-0.05, 0) is 25.7 Å². The average Bonchev–Trinajstić information content (AvgIpc) is 3.38. The first kappa shape index (κ1) is 26.3. The van der Waals surface area contributed by atoms with E-state index in [1.54, 1.807) is 33.7 Å². The molecule has 0 radical (unpaired) electrons. The molecule has 3 rings (SSSR count). The van der Waals surface area contributed by atoms with Crippen LogP contribution in [0.3, 0.4) is 0 Å². The number of hydrogen-bond donors (Lipinski definition) is 1. The number of unbranched alkanes of at least 4 members (excludes halogenated alkanes) is 1. The van der Waals surface area contributed by atoms with Crippen molar-refractivity contribution < 1.29 is 24.2 Å². The van der Waals surface area contributed by atoms with Crippen molar-refractivity contribution in [2.45, 2.75) is 59.9 Å². The molecule has 0 aromatic carbocycles. The third-order valence-electron chi connectivity index (χ3n) is 6.86. The molecule has 184 valence electrons. The minimum atomic E-state index is -0.684. The van der Waals surface area contributed by atoms with E-state index in [0.717, 1.165) is 12.8 Å². The van der Waals surface area contributed by atoms with Gasteiger partial charge in [-0.1, -0.05) is 41.4 Å². The molecule has 3 saturated heterocycles. The first-order chi connectivity index (χ1) is 15.9. The zero-order valence-electron chi connectivity index (χ0n) is 19.3. The van der Waals surface area contributed by atoms with E-state index >= 15 is 0 Å². The predicted molar refractivity (Wildman–Crippen MR) is 133 cm³/mol. The number of nitrogens with zero attached hydrogens (tertiary/aromatic N) is 2. The second kappa shape index (κ2) is 11.4. The lowest BCUT2D eigenvalue weighted by Gasteiger charge is -2.37. The molecule has 0 aliphatic carbocycles. The van der Waals surface area contributed by atoms with Crippen molar-refractivity contribution >= 4 is 45.5 Å². The third kappa shape index (κ3) is 4.78. The van der Waals surface area contributed by atoms with Gasteiger partial charge in [0.15, 0.2) is 0 Å². The van der Waals surface area contributed by atoms with Crippen molar-refractivity contribution in [2.24, 2.45) is 11.8 Å². The lowest BCUT2D eigenvalue weighted by atomic mass is 9.71. The summed E-state index contributed by atoms with van der Waals surface area (Å²) in [4.78, 5) is 44.2. The van der Waals surface area contributed by atoms with E-state index in [2.05, 4.69) is 36.0 Å². The fraction of sp³-hybridized carbons (Fsp3) is 0.708. The molecule has 1 N–H and O–H groups in total. The highest BCUT2D eigenvalue weighted by molar-refractivity contribution is 9.09. The van der Waals surface area contributed by atoms with Gasteiger partial charge < -0.3 is 19.6 Å². The average molecular weight is 544 g/mol. The van der Waals surface area contributed by atoms with Gasteiger partial charge in [-0.3, -0.25) is 14.4 Å². The maximum atomic E-state index is 13.9. The van der Waals surface area contributed by atoms with Gasteiger partial charge in [0.25, 0.3) is 0 Å². The monoisotopic (exact) mass is 542 g/mol. The molecular weight excluding hydrogens is 508 g/mol. The maximum absolute atomic E-state index is 13.9. The van der Waals surface area contributed by atoms with Crippen LogP contribution in [0.25, 0.3) is 0 Å². The first-order valence-electron chi connectivity index (χ1n) is 11.8. The number of likely N-dealkylation sites (tertiary alicyclic amines) is 1. The van der Waals surface area contributed by atoms with Crippen LogP contribution in [-0.4, -0.2) is 86.4 Å². The van der Waals surface area contributed by atoms with Gasteiger partial charge in [0.05, 0.1) is 23.2 Å². The molecule has 1 spiro atoms. The van der Waals surface area contributed by atoms with Crippen LogP contribution in [0, 0.1) is 11.8 Å². The van der Waals surface area contributed by atoms with E-state index in [0.29, 0.717) is 32.4 Å². The number of aliphatic hydroxyl groups excluding tert-OH is 1. The molecule has 0 saturated carbocycles. The van der Waals surface area contributed by atoms with E-state index in [9.17, 15) is 19.5 Å². The molecule has 33 heavy (non-hydrogen) atoms. The van der Waals surface area contributed by atoms with Crippen LogP contribution < -0.4 is 0 Å². The number of fused-ring (bicyclic) bond motifs is 1. The minimum Gasteiger partial charge on any atom is -0.465 e. The molecule has 6 atom stereocenters. The number of hydrogen-bond acceptors (Lipinski definition) is 6. The zero-order valence-corrected chi connectivity index (χ0v) is 21.7. The number of amides is 2. The molecule has 7 nitrogen and oxygen atoms in total. The highest BCUT2D eigenvalue weighted by Gasteiger charge is 2.76. The molecule has 3 aliphatic rings. The van der Waals surface area contributed by atoms with Gasteiger partial charge in [0.1, 0.15) is 6.04 Å². The number of carbonyl (C=O) groups excluding carboxylic acids is 3. The summed E-state index contributed by atoms with van der Waals surface area (Å²) in [5.41, 5.74) is 0. The van der Waals surface area contributed by atoms with Crippen LogP contribution in [0.4, 0.5) is 0 Å². The van der Waals surface area contributed by atoms with Crippen LogP contribution in [0.2, 0.25) is 0 Å². The number of carbonyl (C=O) groups is 3. The molecule has 0 aromatic heterocycles. The Balaban J connectivity index is 1.97. The third-order valence-corrected chi connectivity index (χ3v) is 10.1. The molecular formula is C24H35BrN2O5S. The highest BCUT2D eigenvalue weighted by atomic mass is 79.9. The summed E-state index contributed by atoms with van der Waals surface area (Å²) in [5, 5.41) is 9.32. The summed E-state index contributed by atoms with van der Waals surface area (Å²) < 4.78 is 4.82. The molecule has 2 amide bonds. The SMILES string of the molecule is C=CCCOC(=O)[C@H]1[C@@H]2SC3(CC2Br)C(C(=O)N(CC=C)CCCC)N(CCCO)C(=O)[C@H]13. The molecule has 0 aromatic rings. The molecule has 2 bridgehead atoms. The number of ether oxygens (including phenoxy) is 1. The van der Waals surface area contributed by atoms with Crippen LogP contribution in [0.15, 0.2) is 25.3 Å². The molecule has 3 fully saturated rings. The molecule has 3 aliphatic heterocycles. The number of rotatable bonds is 13. The van der Waals surface area contributed by atoms with Gasteiger partial charge >= 0.3 is 5.97 Å². The number of esters is 1. The van der Waals surface area contributed by atoms with E-state index in [-0.39, 0.29) is 47.6 Å². The van der Waals surface area contributed by atoms with Gasteiger partial charge in [-0.15, -0.1) is 24.9 Å². The Morgan fingerprint density at radius 3 is 2.76 bits per heavy atom. The molecule has 3 heterocycles. The van der Waals surface area contributed by atoms with Crippen LogP contribution in [0.5, 0.6) is 0 Å². The summed E-state index contributed by atoms with van der Waals surface area (Å²) in [6.07, 6.45) is 6.78. The summed E-state index contributed by atoms with van der Waals surface area (Å²) >= 11 is 5.34. The van der Waals surface area contributed by atoms with Crippen molar-refractivity contribution in [3.05, 3.63) is 25.3 Å². The quantitative estimate of drug-likeness (QED) is 0.166. The Labute approximate surface area is 209 Å². The molecule has 9 heteroatoms. The maximum Gasteiger partial charge on any atom is 0.310 e. The van der Waals surface area contributed by atoms with E-state index in [4.69, 9.17) is 4.74 Å². The fourth-order valence-corrected chi connectivity index (χ4v) is 9.06. The second-order valence-electron chi connectivity index (χ2n) is 8.94. The zero-order chi connectivity index (χ0) is 24.2. The van der Waals surface area contributed by atoms with Crippen LogP contribution in [-0.2, 0) is 19.1 Å². The van der Waals surface area contributed by atoms with Gasteiger partial charge in [0.2, 0.25) is 11.8 Å². The predicted octanol–water partition coefficient (Wildman–Crippen LogP) is 2.77. The Kier molecular flexibility index (Phi) is 9.08. The molecule has 3 unspecified atom stereocenters. The first-order valence-corrected chi connectivity index (χ1v) is 13.6. The van der Waals surface area contributed by atoms with Crippen LogP contribution in [0.1, 0.15) is 39.0 Å². The lowest BCUT2D eigenvalue weighted by Crippen LogP contribution is -2.55. The smallest absolute Gasteiger partial charge is 0.310 e. The highest BCUT2D eigenvalue weighted by Crippen LogP contribution is 2.68. The van der Waals surface area contributed by atoms with Crippen molar-refractivity contribution in [3.63, 3.8) is 0 Å². The normalized spacial score (nSPS) is 32.0. The topological polar surface area (TPSA) is 87.2 Å². The number of thioether (sulfide) groups is 1. The number of alkyl halides is 1. The minimum absolute atomic E-state index is 0.0140. The number of aliphatic hydroxyl groups is 1. The van der Waals surface area contributed by atoms with E-state index < -0.39 is 22.6 Å². The lowest BCUT2D eigenvalue weighted by molar-refractivity contribution is -0.154. The summed E-state index contributed by atoms with van der Waals surface area (Å²) in [5.74, 6) is -1.82. The van der Waals surface area contributed by atoms with Crippen molar-refractivity contribution in [3.8, 4) is 0 Å². The summed E-state index contributed by atoms with van der Waals surface area (Å²) in [6, 6.07) is -0.667. The van der Waals surface area contributed by atoms with Crippen molar-refractivity contribution in [1.29, 1.82) is 0 Å². The summed E-state index contributed by atoms with van der Waals surface area (Å²) in [7, 11) is 0. The largest absolute Gasteiger partial charge is 0.465 e. The Morgan fingerprint density at radius 2 is 2.12 bits per heavy atom. The number of halogens is 1. The fourth-order valence-electron chi connectivity index (χ4n) is 5.47. The van der Waals surface area contributed by atoms with E-state index in [1.807, 2.05) is 0 Å². The van der Waals surface area contributed by atoms with Gasteiger partial charge in [-0.25, -0.2) is 0 Å². The Morgan fingerprint density at radius 1 is 1.36 bits per heavy atom. The Hall–Kier alpha value is -1.32. The van der Waals surface area contributed by atoms with Crippen LogP contribution >= 0.6 is 27.7 Å².